The summed E-state index contributed by atoms with van der Waals surface area (Å²) < 4.78 is 0. The van der Waals surface area contributed by atoms with Crippen LogP contribution in [0.3, 0.4) is 0 Å². The first-order valence-corrected chi connectivity index (χ1v) is 6.08. The van der Waals surface area contributed by atoms with Crippen LogP contribution >= 0.6 is 0 Å². The Morgan fingerprint density at radius 3 is 2.29 bits per heavy atom. The highest BCUT2D eigenvalue weighted by atomic mass is 15.0. The van der Waals surface area contributed by atoms with Gasteiger partial charge in [-0.25, -0.2) is 0 Å². The van der Waals surface area contributed by atoms with Crippen LogP contribution in [0.1, 0.15) is 60.3 Å². The van der Waals surface area contributed by atoms with Crippen LogP contribution < -0.4 is 5.32 Å². The summed E-state index contributed by atoms with van der Waals surface area (Å²) in [5.41, 5.74) is 0.901. The Morgan fingerprint density at radius 1 is 1.29 bits per heavy atom. The molecule has 1 atom stereocenters. The summed E-state index contributed by atoms with van der Waals surface area (Å²) in [6, 6.07) is 0. The second-order valence-corrected chi connectivity index (χ2v) is 6.65. The third-order valence-corrected chi connectivity index (χ3v) is 3.00. The molecule has 1 saturated heterocycles. The summed E-state index contributed by atoms with van der Waals surface area (Å²) in [6.45, 7) is 13.0. The van der Waals surface area contributed by atoms with Gasteiger partial charge in [-0.2, -0.15) is 0 Å². The maximum atomic E-state index is 3.76. The quantitative estimate of drug-likeness (QED) is 0.729. The summed E-state index contributed by atoms with van der Waals surface area (Å²) in [7, 11) is 0. The molecule has 0 spiro atoms. The maximum absolute atomic E-state index is 3.76. The molecular weight excluding hydrogens is 170 g/mol. The Morgan fingerprint density at radius 2 is 1.93 bits per heavy atom. The van der Waals surface area contributed by atoms with Crippen LogP contribution in [0, 0.1) is 11.3 Å². The molecule has 1 rings (SSSR count). The highest BCUT2D eigenvalue weighted by Gasteiger charge is 2.37. The average molecular weight is 197 g/mol. The average Bonchev–Trinajstić information content (AvgIpc) is 2.30. The van der Waals surface area contributed by atoms with Gasteiger partial charge < -0.3 is 5.32 Å². The van der Waals surface area contributed by atoms with Crippen molar-refractivity contribution < 1.29 is 0 Å². The summed E-state index contributed by atoms with van der Waals surface area (Å²) in [5.74, 6) is 0.808. The van der Waals surface area contributed by atoms with E-state index in [-0.39, 0.29) is 0 Å². The van der Waals surface area contributed by atoms with Crippen molar-refractivity contribution in [3.63, 3.8) is 0 Å². The molecule has 1 aliphatic rings. The molecule has 1 nitrogen and oxygen atoms in total. The first kappa shape index (κ1) is 12.0. The van der Waals surface area contributed by atoms with E-state index in [2.05, 4.69) is 39.9 Å². The van der Waals surface area contributed by atoms with Gasteiger partial charge in [0.1, 0.15) is 0 Å². The predicted molar refractivity (Wildman–Crippen MR) is 63.5 cm³/mol. The molecule has 14 heavy (non-hydrogen) atoms. The second-order valence-electron chi connectivity index (χ2n) is 6.65. The standard InChI is InChI=1S/C13H27N/c1-11(2)9-13(7-6-8-14-13)10-12(3,4)5/h11,14H,6-10H2,1-5H3. The fourth-order valence-electron chi connectivity index (χ4n) is 3.06. The fraction of sp³-hybridized carbons (Fsp3) is 1.00. The van der Waals surface area contributed by atoms with E-state index in [4.69, 9.17) is 0 Å². The Labute approximate surface area is 89.7 Å². The van der Waals surface area contributed by atoms with Crippen molar-refractivity contribution in [1.82, 2.24) is 5.32 Å². The lowest BCUT2D eigenvalue weighted by Gasteiger charge is -2.37. The number of hydrogen-bond donors (Lipinski definition) is 1. The van der Waals surface area contributed by atoms with E-state index in [1.54, 1.807) is 0 Å². The van der Waals surface area contributed by atoms with Crippen LogP contribution in [0.4, 0.5) is 0 Å². The smallest absolute Gasteiger partial charge is 0.0189 e. The predicted octanol–water partition coefficient (Wildman–Crippen LogP) is 3.59. The molecule has 1 heteroatoms. The molecule has 1 N–H and O–H groups in total. The molecule has 0 aromatic heterocycles. The fourth-order valence-corrected chi connectivity index (χ4v) is 3.06. The molecule has 1 heterocycles. The Bertz CT molecular complexity index is 170. The van der Waals surface area contributed by atoms with Crippen molar-refractivity contribution >= 4 is 0 Å². The summed E-state index contributed by atoms with van der Waals surface area (Å²) in [4.78, 5) is 0. The van der Waals surface area contributed by atoms with Crippen LogP contribution in [0.15, 0.2) is 0 Å². The van der Waals surface area contributed by atoms with Crippen molar-refractivity contribution in [2.24, 2.45) is 11.3 Å². The SMILES string of the molecule is CC(C)CC1(CC(C)(C)C)CCCN1. The third-order valence-electron chi connectivity index (χ3n) is 3.00. The van der Waals surface area contributed by atoms with Gasteiger partial charge in [0, 0.05) is 5.54 Å². The Balaban J connectivity index is 2.62. The van der Waals surface area contributed by atoms with E-state index in [0.717, 1.165) is 5.92 Å². The van der Waals surface area contributed by atoms with E-state index in [1.165, 1.54) is 32.2 Å². The van der Waals surface area contributed by atoms with Crippen molar-refractivity contribution in [2.45, 2.75) is 65.8 Å². The van der Waals surface area contributed by atoms with E-state index < -0.39 is 0 Å². The van der Waals surface area contributed by atoms with Crippen molar-refractivity contribution in [2.75, 3.05) is 6.54 Å². The lowest BCUT2D eigenvalue weighted by Crippen LogP contribution is -2.44. The topological polar surface area (TPSA) is 12.0 Å². The van der Waals surface area contributed by atoms with Gasteiger partial charge >= 0.3 is 0 Å². The molecule has 0 aliphatic carbocycles. The highest BCUT2D eigenvalue weighted by Crippen LogP contribution is 2.37. The minimum absolute atomic E-state index is 0.451. The van der Waals surface area contributed by atoms with Crippen molar-refractivity contribution in [1.29, 1.82) is 0 Å². The first-order chi connectivity index (χ1) is 6.33. The summed E-state index contributed by atoms with van der Waals surface area (Å²) in [6.07, 6.45) is 5.40. The van der Waals surface area contributed by atoms with Gasteiger partial charge in [-0.15, -0.1) is 0 Å². The third kappa shape index (κ3) is 3.61. The maximum Gasteiger partial charge on any atom is 0.0189 e. The van der Waals surface area contributed by atoms with Crippen molar-refractivity contribution in [3.8, 4) is 0 Å². The number of rotatable bonds is 3. The first-order valence-electron chi connectivity index (χ1n) is 6.08. The summed E-state index contributed by atoms with van der Waals surface area (Å²) >= 11 is 0. The zero-order valence-corrected chi connectivity index (χ0v) is 10.6. The molecule has 0 radical (unpaired) electrons. The lowest BCUT2D eigenvalue weighted by atomic mass is 9.75. The van der Waals surface area contributed by atoms with Gasteiger partial charge in [0.05, 0.1) is 0 Å². The van der Waals surface area contributed by atoms with Gasteiger partial charge in [0.25, 0.3) is 0 Å². The highest BCUT2D eigenvalue weighted by molar-refractivity contribution is 4.96. The monoisotopic (exact) mass is 197 g/mol. The second kappa shape index (κ2) is 4.22. The molecule has 0 bridgehead atoms. The zero-order chi connectivity index (χ0) is 10.8. The van der Waals surface area contributed by atoms with Gasteiger partial charge in [-0.05, 0) is 43.6 Å². The normalized spacial score (nSPS) is 28.7. The minimum Gasteiger partial charge on any atom is -0.311 e. The molecule has 1 unspecified atom stereocenters. The Kier molecular flexibility index (Phi) is 3.63. The Hall–Kier alpha value is -0.0400. The number of hydrogen-bond acceptors (Lipinski definition) is 1. The van der Waals surface area contributed by atoms with E-state index in [9.17, 15) is 0 Å². The molecule has 0 saturated carbocycles. The molecule has 0 aromatic rings. The molecule has 0 aromatic carbocycles. The van der Waals surface area contributed by atoms with Gasteiger partial charge in [-0.1, -0.05) is 34.6 Å². The van der Waals surface area contributed by atoms with Gasteiger partial charge in [-0.3, -0.25) is 0 Å². The van der Waals surface area contributed by atoms with Crippen LogP contribution in [0.2, 0.25) is 0 Å². The van der Waals surface area contributed by atoms with Gasteiger partial charge in [0.2, 0.25) is 0 Å². The minimum atomic E-state index is 0.451. The lowest BCUT2D eigenvalue weighted by molar-refractivity contribution is 0.199. The molecular formula is C13H27N. The van der Waals surface area contributed by atoms with Crippen LogP contribution in [-0.2, 0) is 0 Å². The zero-order valence-electron chi connectivity index (χ0n) is 10.6. The van der Waals surface area contributed by atoms with E-state index in [0.29, 0.717) is 11.0 Å². The van der Waals surface area contributed by atoms with Crippen LogP contribution in [0.25, 0.3) is 0 Å². The number of nitrogens with one attached hydrogen (secondary N) is 1. The van der Waals surface area contributed by atoms with Gasteiger partial charge in [0.15, 0.2) is 0 Å². The molecule has 0 amide bonds. The van der Waals surface area contributed by atoms with Crippen LogP contribution in [-0.4, -0.2) is 12.1 Å². The molecule has 1 fully saturated rings. The summed E-state index contributed by atoms with van der Waals surface area (Å²) in [5, 5.41) is 3.76. The van der Waals surface area contributed by atoms with Crippen LogP contribution in [0.5, 0.6) is 0 Å². The largest absolute Gasteiger partial charge is 0.311 e. The van der Waals surface area contributed by atoms with E-state index in [1.807, 2.05) is 0 Å². The van der Waals surface area contributed by atoms with Crippen molar-refractivity contribution in [3.05, 3.63) is 0 Å². The molecule has 1 aliphatic heterocycles. The van der Waals surface area contributed by atoms with E-state index >= 15 is 0 Å². The molecule has 84 valence electrons.